The normalized spacial score (nSPS) is 15.6. The molecule has 0 aliphatic carbocycles. The number of rotatable bonds is 7. The molecule has 1 aliphatic rings. The lowest BCUT2D eigenvalue weighted by molar-refractivity contribution is -0.129. The van der Waals surface area contributed by atoms with Crippen molar-refractivity contribution < 1.29 is 18.0 Å². The first-order chi connectivity index (χ1) is 14.0. The van der Waals surface area contributed by atoms with Crippen LogP contribution in [0.1, 0.15) is 18.4 Å². The van der Waals surface area contributed by atoms with Crippen molar-refractivity contribution in [2.45, 2.75) is 24.3 Å². The number of carbonyl (C=O) groups is 2. The van der Waals surface area contributed by atoms with E-state index in [0.717, 1.165) is 5.56 Å². The van der Waals surface area contributed by atoms with Gasteiger partial charge in [0.25, 0.3) is 0 Å². The topological polar surface area (TPSA) is 95.6 Å². The lowest BCUT2D eigenvalue weighted by Crippen LogP contribution is -2.45. The largest absolute Gasteiger partial charge is 0.350 e. The number of carbonyl (C=O) groups excluding carboxylic acids is 2. The van der Waals surface area contributed by atoms with E-state index in [-0.39, 0.29) is 42.3 Å². The van der Waals surface area contributed by atoms with Crippen LogP contribution in [0.2, 0.25) is 0 Å². The molecule has 1 fully saturated rings. The van der Waals surface area contributed by atoms with Gasteiger partial charge in [-0.3, -0.25) is 9.59 Å². The zero-order valence-corrected chi connectivity index (χ0v) is 16.9. The van der Waals surface area contributed by atoms with E-state index in [1.165, 1.54) is 4.31 Å². The molecule has 154 valence electrons. The van der Waals surface area contributed by atoms with Gasteiger partial charge in [0, 0.05) is 25.6 Å². The van der Waals surface area contributed by atoms with Crippen molar-refractivity contribution in [3.8, 4) is 0 Å². The van der Waals surface area contributed by atoms with Gasteiger partial charge in [-0.1, -0.05) is 48.5 Å². The molecule has 2 aromatic rings. The van der Waals surface area contributed by atoms with Crippen LogP contribution in [0.4, 0.5) is 0 Å². The Morgan fingerprint density at radius 3 is 2.10 bits per heavy atom. The summed E-state index contributed by atoms with van der Waals surface area (Å²) in [6.45, 7) is 0.893. The molecule has 0 unspecified atom stereocenters. The van der Waals surface area contributed by atoms with Gasteiger partial charge in [0.15, 0.2) is 0 Å². The molecule has 3 rings (SSSR count). The van der Waals surface area contributed by atoms with Crippen LogP contribution < -0.4 is 10.6 Å². The molecular weight excluding hydrogens is 390 g/mol. The molecule has 2 amide bonds. The zero-order valence-electron chi connectivity index (χ0n) is 16.1. The lowest BCUT2D eigenvalue weighted by Gasteiger charge is -2.30. The second kappa shape index (κ2) is 9.67. The monoisotopic (exact) mass is 415 g/mol. The maximum atomic E-state index is 12.6. The van der Waals surface area contributed by atoms with Crippen molar-refractivity contribution in [2.75, 3.05) is 19.6 Å². The highest BCUT2D eigenvalue weighted by atomic mass is 32.2. The Morgan fingerprint density at radius 2 is 1.48 bits per heavy atom. The second-order valence-electron chi connectivity index (χ2n) is 6.97. The highest BCUT2D eigenvalue weighted by Gasteiger charge is 2.32. The van der Waals surface area contributed by atoms with Crippen molar-refractivity contribution in [3.05, 3.63) is 66.2 Å². The van der Waals surface area contributed by atoms with Crippen molar-refractivity contribution in [1.82, 2.24) is 14.9 Å². The summed E-state index contributed by atoms with van der Waals surface area (Å²) in [5.41, 5.74) is 0.985. The summed E-state index contributed by atoms with van der Waals surface area (Å²) in [5.74, 6) is -0.762. The van der Waals surface area contributed by atoms with Gasteiger partial charge in [0.2, 0.25) is 21.8 Å². The Bertz CT molecular complexity index is 925. The molecule has 7 nitrogen and oxygen atoms in total. The summed E-state index contributed by atoms with van der Waals surface area (Å²) in [4.78, 5) is 24.5. The van der Waals surface area contributed by atoms with Crippen LogP contribution >= 0.6 is 0 Å². The van der Waals surface area contributed by atoms with Gasteiger partial charge in [0.1, 0.15) is 0 Å². The molecule has 1 saturated heterocycles. The predicted octanol–water partition coefficient (Wildman–Crippen LogP) is 1.52. The summed E-state index contributed by atoms with van der Waals surface area (Å²) in [7, 11) is -3.53. The van der Waals surface area contributed by atoms with Crippen LogP contribution in [0.5, 0.6) is 0 Å². The summed E-state index contributed by atoms with van der Waals surface area (Å²) >= 11 is 0. The summed E-state index contributed by atoms with van der Waals surface area (Å²) < 4.78 is 26.7. The van der Waals surface area contributed by atoms with Crippen LogP contribution in [-0.4, -0.2) is 44.2 Å². The smallest absolute Gasteiger partial charge is 0.243 e. The fourth-order valence-corrected chi connectivity index (χ4v) is 4.76. The van der Waals surface area contributed by atoms with Crippen LogP contribution in [-0.2, 0) is 26.2 Å². The number of hydrogen-bond acceptors (Lipinski definition) is 4. The highest BCUT2D eigenvalue weighted by Crippen LogP contribution is 2.23. The molecule has 0 saturated carbocycles. The molecule has 1 heterocycles. The van der Waals surface area contributed by atoms with E-state index in [4.69, 9.17) is 0 Å². The van der Waals surface area contributed by atoms with E-state index in [2.05, 4.69) is 10.6 Å². The number of nitrogens with zero attached hydrogens (tertiary/aromatic N) is 1. The van der Waals surface area contributed by atoms with Crippen molar-refractivity contribution >= 4 is 21.8 Å². The summed E-state index contributed by atoms with van der Waals surface area (Å²) in [6.07, 6.45) is 0.868. The number of piperidine rings is 1. The van der Waals surface area contributed by atoms with Gasteiger partial charge in [-0.05, 0) is 30.5 Å². The van der Waals surface area contributed by atoms with Crippen molar-refractivity contribution in [3.63, 3.8) is 0 Å². The Labute approximate surface area is 171 Å². The molecular formula is C21H25N3O4S. The maximum Gasteiger partial charge on any atom is 0.243 e. The lowest BCUT2D eigenvalue weighted by atomic mass is 9.97. The first-order valence-electron chi connectivity index (χ1n) is 9.60. The third-order valence-corrected chi connectivity index (χ3v) is 6.87. The predicted molar refractivity (Wildman–Crippen MR) is 109 cm³/mol. The average molecular weight is 416 g/mol. The Morgan fingerprint density at radius 1 is 0.897 bits per heavy atom. The number of sulfonamides is 1. The molecule has 0 atom stereocenters. The van der Waals surface area contributed by atoms with Crippen molar-refractivity contribution in [1.29, 1.82) is 0 Å². The molecule has 2 aromatic carbocycles. The van der Waals surface area contributed by atoms with Gasteiger partial charge in [-0.2, -0.15) is 4.31 Å². The first-order valence-corrected chi connectivity index (χ1v) is 11.0. The second-order valence-corrected chi connectivity index (χ2v) is 8.91. The van der Waals surface area contributed by atoms with Gasteiger partial charge in [-0.25, -0.2) is 8.42 Å². The SMILES string of the molecule is O=C(CNC(=O)C1CCN(S(=O)(=O)c2ccccc2)CC1)NCc1ccccc1. The standard InChI is InChI=1S/C21H25N3O4S/c25-20(22-15-17-7-3-1-4-8-17)16-23-21(26)18-11-13-24(14-12-18)29(27,28)19-9-5-2-6-10-19/h1-10,18H,11-16H2,(H,22,25)(H,23,26). The Kier molecular flexibility index (Phi) is 7.00. The molecule has 1 aliphatic heterocycles. The summed E-state index contributed by atoms with van der Waals surface area (Å²) in [6, 6.07) is 17.8. The minimum atomic E-state index is -3.53. The van der Waals surface area contributed by atoms with Crippen LogP contribution in [0.3, 0.4) is 0 Å². The van der Waals surface area contributed by atoms with E-state index < -0.39 is 10.0 Å². The number of hydrogen-bond donors (Lipinski definition) is 2. The van der Waals surface area contributed by atoms with Crippen LogP contribution in [0.15, 0.2) is 65.6 Å². The van der Waals surface area contributed by atoms with E-state index in [1.54, 1.807) is 30.3 Å². The van der Waals surface area contributed by atoms with E-state index in [1.807, 2.05) is 30.3 Å². The minimum Gasteiger partial charge on any atom is -0.350 e. The minimum absolute atomic E-state index is 0.0891. The van der Waals surface area contributed by atoms with Gasteiger partial charge in [-0.15, -0.1) is 0 Å². The molecule has 2 N–H and O–H groups in total. The maximum absolute atomic E-state index is 12.6. The molecule has 0 aromatic heterocycles. The van der Waals surface area contributed by atoms with E-state index >= 15 is 0 Å². The Hall–Kier alpha value is -2.71. The molecule has 0 spiro atoms. The molecule has 0 bridgehead atoms. The van der Waals surface area contributed by atoms with Crippen LogP contribution in [0.25, 0.3) is 0 Å². The van der Waals surface area contributed by atoms with E-state index in [0.29, 0.717) is 19.4 Å². The summed E-state index contributed by atoms with van der Waals surface area (Å²) in [5, 5.41) is 5.42. The number of benzene rings is 2. The third kappa shape index (κ3) is 5.65. The molecule has 0 radical (unpaired) electrons. The van der Waals surface area contributed by atoms with Gasteiger partial charge >= 0.3 is 0 Å². The third-order valence-electron chi connectivity index (χ3n) is 4.96. The van der Waals surface area contributed by atoms with Gasteiger partial charge < -0.3 is 10.6 Å². The molecule has 29 heavy (non-hydrogen) atoms. The van der Waals surface area contributed by atoms with E-state index in [9.17, 15) is 18.0 Å². The highest BCUT2D eigenvalue weighted by molar-refractivity contribution is 7.89. The van der Waals surface area contributed by atoms with Crippen LogP contribution in [0, 0.1) is 5.92 Å². The average Bonchev–Trinajstić information content (AvgIpc) is 2.77. The fourth-order valence-electron chi connectivity index (χ4n) is 3.27. The van der Waals surface area contributed by atoms with Gasteiger partial charge in [0.05, 0.1) is 11.4 Å². The number of nitrogens with one attached hydrogen (secondary N) is 2. The number of amides is 2. The van der Waals surface area contributed by atoms with Crippen molar-refractivity contribution in [2.24, 2.45) is 5.92 Å². The quantitative estimate of drug-likeness (QED) is 0.717. The fraction of sp³-hybridized carbons (Fsp3) is 0.333. The first kappa shape index (κ1) is 21.0. The molecule has 8 heteroatoms. The Balaban J connectivity index is 1.42. The zero-order chi connectivity index (χ0) is 20.7.